The predicted octanol–water partition coefficient (Wildman–Crippen LogP) is 4.36. The third-order valence-electron chi connectivity index (χ3n) is 5.22. The zero-order chi connectivity index (χ0) is 20.6. The molecular formula is C21H20Cl2N2O3S. The topological polar surface area (TPSA) is 60.9 Å². The zero-order valence-corrected chi connectivity index (χ0v) is 17.9. The van der Waals surface area contributed by atoms with Crippen molar-refractivity contribution < 1.29 is 13.5 Å². The maximum atomic E-state index is 12.8. The number of nitrogens with zero attached hydrogens (tertiary/aromatic N) is 2. The summed E-state index contributed by atoms with van der Waals surface area (Å²) in [6, 6.07) is 15.5. The van der Waals surface area contributed by atoms with Crippen molar-refractivity contribution in [3.63, 3.8) is 0 Å². The van der Waals surface area contributed by atoms with Gasteiger partial charge in [-0.15, -0.1) is 0 Å². The largest absolute Gasteiger partial charge is 0.507 e. The smallest absolute Gasteiger partial charge is 0.243 e. The highest BCUT2D eigenvalue weighted by molar-refractivity contribution is 7.89. The maximum Gasteiger partial charge on any atom is 0.243 e. The van der Waals surface area contributed by atoms with Crippen LogP contribution in [0.5, 0.6) is 5.75 Å². The van der Waals surface area contributed by atoms with E-state index in [4.69, 9.17) is 23.2 Å². The minimum atomic E-state index is -3.54. The van der Waals surface area contributed by atoms with Crippen LogP contribution in [0.25, 0.3) is 10.8 Å². The molecule has 0 aliphatic carbocycles. The number of phenolic OH excluding ortho intramolecular Hbond substituents is 1. The molecule has 0 amide bonds. The van der Waals surface area contributed by atoms with Crippen LogP contribution >= 0.6 is 23.2 Å². The monoisotopic (exact) mass is 450 g/mol. The molecule has 0 saturated carbocycles. The molecule has 0 spiro atoms. The van der Waals surface area contributed by atoms with Gasteiger partial charge in [0, 0.05) is 59.1 Å². The molecule has 0 aromatic heterocycles. The van der Waals surface area contributed by atoms with Gasteiger partial charge in [0.05, 0.1) is 4.90 Å². The molecule has 1 aliphatic heterocycles. The Labute approximate surface area is 180 Å². The first kappa shape index (κ1) is 20.4. The van der Waals surface area contributed by atoms with Gasteiger partial charge in [0.15, 0.2) is 0 Å². The average Bonchev–Trinajstić information content (AvgIpc) is 2.72. The molecule has 0 unspecified atom stereocenters. The number of hydrogen-bond acceptors (Lipinski definition) is 4. The fraction of sp³-hybridized carbons (Fsp3) is 0.238. The van der Waals surface area contributed by atoms with Gasteiger partial charge in [-0.05, 0) is 30.3 Å². The molecule has 1 fully saturated rings. The van der Waals surface area contributed by atoms with Gasteiger partial charge in [-0.3, -0.25) is 4.90 Å². The molecule has 29 heavy (non-hydrogen) atoms. The van der Waals surface area contributed by atoms with Crippen molar-refractivity contribution in [1.29, 1.82) is 0 Å². The van der Waals surface area contributed by atoms with E-state index in [1.807, 2.05) is 24.3 Å². The molecule has 1 N–H and O–H groups in total. The van der Waals surface area contributed by atoms with Gasteiger partial charge in [-0.25, -0.2) is 8.42 Å². The molecule has 1 heterocycles. The molecule has 0 atom stereocenters. The maximum absolute atomic E-state index is 12.8. The number of halogens is 2. The van der Waals surface area contributed by atoms with E-state index in [1.165, 1.54) is 16.4 Å². The van der Waals surface area contributed by atoms with Crippen molar-refractivity contribution in [1.82, 2.24) is 9.21 Å². The lowest BCUT2D eigenvalue weighted by molar-refractivity contribution is 0.180. The molecule has 1 saturated heterocycles. The number of piperazine rings is 1. The Balaban J connectivity index is 1.47. The molecule has 0 bridgehead atoms. The molecule has 4 rings (SSSR count). The highest BCUT2D eigenvalue weighted by Crippen LogP contribution is 2.35. The van der Waals surface area contributed by atoms with Crippen LogP contribution in [0.2, 0.25) is 10.0 Å². The van der Waals surface area contributed by atoms with Crippen molar-refractivity contribution in [2.75, 3.05) is 26.2 Å². The lowest BCUT2D eigenvalue weighted by atomic mass is 10.0. The second-order valence-corrected chi connectivity index (χ2v) is 9.83. The Morgan fingerprint density at radius 1 is 0.897 bits per heavy atom. The molecule has 0 radical (unpaired) electrons. The minimum Gasteiger partial charge on any atom is -0.507 e. The number of benzene rings is 3. The second-order valence-electron chi connectivity index (χ2n) is 7.05. The van der Waals surface area contributed by atoms with Gasteiger partial charge in [-0.1, -0.05) is 47.5 Å². The number of aromatic hydroxyl groups is 1. The van der Waals surface area contributed by atoms with Crippen molar-refractivity contribution in [3.05, 3.63) is 70.2 Å². The van der Waals surface area contributed by atoms with Gasteiger partial charge in [0.25, 0.3) is 0 Å². The molecule has 3 aromatic carbocycles. The van der Waals surface area contributed by atoms with Gasteiger partial charge in [0.2, 0.25) is 10.0 Å². The average molecular weight is 451 g/mol. The third kappa shape index (κ3) is 4.09. The van der Waals surface area contributed by atoms with Gasteiger partial charge in [-0.2, -0.15) is 4.31 Å². The predicted molar refractivity (Wildman–Crippen MR) is 116 cm³/mol. The zero-order valence-electron chi connectivity index (χ0n) is 15.6. The van der Waals surface area contributed by atoms with E-state index in [0.717, 1.165) is 16.3 Å². The van der Waals surface area contributed by atoms with Gasteiger partial charge < -0.3 is 5.11 Å². The summed E-state index contributed by atoms with van der Waals surface area (Å²) in [4.78, 5) is 2.36. The summed E-state index contributed by atoms with van der Waals surface area (Å²) in [5, 5.41) is 13.3. The Bertz CT molecular complexity index is 1140. The summed E-state index contributed by atoms with van der Waals surface area (Å²) in [6.07, 6.45) is 0. The lowest BCUT2D eigenvalue weighted by Crippen LogP contribution is -2.48. The van der Waals surface area contributed by atoms with Crippen LogP contribution < -0.4 is 0 Å². The fourth-order valence-electron chi connectivity index (χ4n) is 3.61. The summed E-state index contributed by atoms with van der Waals surface area (Å²) in [5.74, 6) is 0.223. The fourth-order valence-corrected chi connectivity index (χ4v) is 5.46. The summed E-state index contributed by atoms with van der Waals surface area (Å²) in [7, 11) is -3.54. The standard InChI is InChI=1S/C21H20Cl2N2O3S/c22-16-5-7-17(8-6-16)29(27,28)25-11-9-24(10-12-25)14-15-13-20(23)18-3-1-2-4-19(18)21(15)26/h1-8,13,26H,9-12,14H2. The second kappa shape index (κ2) is 8.13. The first-order chi connectivity index (χ1) is 13.9. The first-order valence-electron chi connectivity index (χ1n) is 9.23. The van der Waals surface area contributed by atoms with Crippen LogP contribution in [0.4, 0.5) is 0 Å². The van der Waals surface area contributed by atoms with Crippen LogP contribution in [0.15, 0.2) is 59.5 Å². The van der Waals surface area contributed by atoms with Crippen molar-refractivity contribution in [2.24, 2.45) is 0 Å². The van der Waals surface area contributed by atoms with E-state index in [0.29, 0.717) is 42.8 Å². The van der Waals surface area contributed by atoms with Crippen molar-refractivity contribution >= 4 is 44.0 Å². The summed E-state index contributed by atoms with van der Waals surface area (Å²) >= 11 is 12.2. The van der Waals surface area contributed by atoms with E-state index in [-0.39, 0.29) is 10.6 Å². The van der Waals surface area contributed by atoms with Crippen LogP contribution in [0.1, 0.15) is 5.56 Å². The highest BCUT2D eigenvalue weighted by atomic mass is 35.5. The Morgan fingerprint density at radius 3 is 2.17 bits per heavy atom. The van der Waals surface area contributed by atoms with Crippen molar-refractivity contribution in [3.8, 4) is 5.75 Å². The highest BCUT2D eigenvalue weighted by Gasteiger charge is 2.28. The normalized spacial score (nSPS) is 16.3. The molecule has 3 aromatic rings. The van der Waals surface area contributed by atoms with Crippen LogP contribution in [-0.2, 0) is 16.6 Å². The molecule has 1 aliphatic rings. The number of rotatable bonds is 4. The van der Waals surface area contributed by atoms with E-state index in [2.05, 4.69) is 4.90 Å². The molecule has 152 valence electrons. The number of fused-ring (bicyclic) bond motifs is 1. The summed E-state index contributed by atoms with van der Waals surface area (Å²) in [5.41, 5.74) is 0.739. The summed E-state index contributed by atoms with van der Waals surface area (Å²) < 4.78 is 27.1. The molecule has 8 heteroatoms. The Hall–Kier alpha value is -1.83. The SMILES string of the molecule is O=S(=O)(c1ccc(Cl)cc1)N1CCN(Cc2cc(Cl)c3ccccc3c2O)CC1. The Kier molecular flexibility index (Phi) is 5.73. The number of sulfonamides is 1. The van der Waals surface area contributed by atoms with Crippen LogP contribution in [-0.4, -0.2) is 48.9 Å². The van der Waals surface area contributed by atoms with Crippen molar-refractivity contribution in [2.45, 2.75) is 11.4 Å². The number of hydrogen-bond donors (Lipinski definition) is 1. The minimum absolute atomic E-state index is 0.223. The molecule has 5 nitrogen and oxygen atoms in total. The quantitative estimate of drug-likeness (QED) is 0.641. The van der Waals surface area contributed by atoms with Crippen LogP contribution in [0, 0.1) is 0 Å². The van der Waals surface area contributed by atoms with E-state index >= 15 is 0 Å². The Morgan fingerprint density at radius 2 is 1.52 bits per heavy atom. The molecular weight excluding hydrogens is 431 g/mol. The van der Waals surface area contributed by atoms with E-state index < -0.39 is 10.0 Å². The summed E-state index contributed by atoms with van der Waals surface area (Å²) in [6.45, 7) is 2.40. The first-order valence-corrected chi connectivity index (χ1v) is 11.4. The van der Waals surface area contributed by atoms with Gasteiger partial charge in [0.1, 0.15) is 5.75 Å². The number of phenols is 1. The van der Waals surface area contributed by atoms with E-state index in [1.54, 1.807) is 18.2 Å². The lowest BCUT2D eigenvalue weighted by Gasteiger charge is -2.34. The van der Waals surface area contributed by atoms with Crippen LogP contribution in [0.3, 0.4) is 0 Å². The van der Waals surface area contributed by atoms with Gasteiger partial charge >= 0.3 is 0 Å². The van der Waals surface area contributed by atoms with E-state index in [9.17, 15) is 13.5 Å². The third-order valence-corrected chi connectivity index (χ3v) is 7.70.